The summed E-state index contributed by atoms with van der Waals surface area (Å²) in [6.45, 7) is 4.09. The summed E-state index contributed by atoms with van der Waals surface area (Å²) in [6, 6.07) is 13.3. The number of azide groups is 1. The Kier molecular flexibility index (Phi) is 16.0. The van der Waals surface area contributed by atoms with E-state index in [1.54, 1.807) is 36.4 Å². The van der Waals surface area contributed by atoms with Crippen molar-refractivity contribution < 1.29 is 28.7 Å². The van der Waals surface area contributed by atoms with Crippen LogP contribution in [0.2, 0.25) is 0 Å². The first-order chi connectivity index (χ1) is 21.3. The molecule has 0 aromatic heterocycles. The molecule has 3 N–H and O–H groups in total. The van der Waals surface area contributed by atoms with Gasteiger partial charge in [0.05, 0.1) is 6.04 Å². The number of amides is 3. The number of unbranched alkanes of at least 4 members (excludes halogenated alkanes) is 1. The standard InChI is InChI=1S/C32H40N6O6/c1-4-19-43-27-16-14-24(15-17-27)20-26(21-39)35-31(41)29(23(3)5-2)37-30(40)28(13-9-10-18-34-38-33)36-32(42)44-22-25-11-7-6-8-12-25/h1,6-8,11-12,14-17,21,23,26,28-29H,5,9-10,13,18-20,22H2,2-3H3,(H,35,41)(H,36,42)(H,37,40)/t23-,26-,28-,29-/m0/s1. The molecule has 44 heavy (non-hydrogen) atoms. The molecule has 0 aliphatic rings. The van der Waals surface area contributed by atoms with Crippen molar-refractivity contribution in [2.75, 3.05) is 13.2 Å². The lowest BCUT2D eigenvalue weighted by Gasteiger charge is -2.27. The zero-order valence-corrected chi connectivity index (χ0v) is 25.1. The smallest absolute Gasteiger partial charge is 0.408 e. The first kappa shape index (κ1) is 35.2. The molecular formula is C32H40N6O6. The molecule has 0 fully saturated rings. The molecule has 12 nitrogen and oxygen atoms in total. The number of alkyl carbamates (subject to hydrolysis) is 1. The molecule has 0 aliphatic heterocycles. The lowest BCUT2D eigenvalue weighted by Crippen LogP contribution is -2.57. The number of aldehydes is 1. The minimum atomic E-state index is -1.01. The number of hydrogen-bond acceptors (Lipinski definition) is 7. The van der Waals surface area contributed by atoms with Crippen molar-refractivity contribution in [2.45, 2.75) is 70.7 Å². The van der Waals surface area contributed by atoms with E-state index in [1.807, 2.05) is 32.0 Å². The van der Waals surface area contributed by atoms with Crippen molar-refractivity contribution in [1.82, 2.24) is 16.0 Å². The highest BCUT2D eigenvalue weighted by Gasteiger charge is 2.31. The summed E-state index contributed by atoms with van der Waals surface area (Å²) in [6.07, 6.45) is 7.06. The number of ether oxygens (including phenoxy) is 2. The maximum absolute atomic E-state index is 13.4. The monoisotopic (exact) mass is 604 g/mol. The summed E-state index contributed by atoms with van der Waals surface area (Å²) in [5.41, 5.74) is 10.1. The number of carbonyl (C=O) groups is 4. The Labute approximate surface area is 257 Å². The lowest BCUT2D eigenvalue weighted by molar-refractivity contribution is -0.132. The van der Waals surface area contributed by atoms with Gasteiger partial charge in [0.15, 0.2) is 0 Å². The van der Waals surface area contributed by atoms with E-state index >= 15 is 0 Å². The average Bonchev–Trinajstić information content (AvgIpc) is 3.04. The van der Waals surface area contributed by atoms with Crippen molar-refractivity contribution in [2.24, 2.45) is 11.0 Å². The Morgan fingerprint density at radius 2 is 1.75 bits per heavy atom. The highest BCUT2D eigenvalue weighted by atomic mass is 16.5. The van der Waals surface area contributed by atoms with Gasteiger partial charge in [-0.3, -0.25) is 9.59 Å². The molecule has 0 heterocycles. The highest BCUT2D eigenvalue weighted by Crippen LogP contribution is 2.14. The van der Waals surface area contributed by atoms with Gasteiger partial charge in [-0.2, -0.15) is 0 Å². The average molecular weight is 605 g/mol. The summed E-state index contributed by atoms with van der Waals surface area (Å²) in [7, 11) is 0. The Balaban J connectivity index is 2.08. The van der Waals surface area contributed by atoms with Crippen molar-refractivity contribution >= 4 is 24.2 Å². The normalized spacial score (nSPS) is 13.0. The molecule has 0 spiro atoms. The number of terminal acetylenes is 1. The third-order valence-corrected chi connectivity index (χ3v) is 6.87. The summed E-state index contributed by atoms with van der Waals surface area (Å²) < 4.78 is 10.7. The van der Waals surface area contributed by atoms with Gasteiger partial charge < -0.3 is 30.2 Å². The predicted octanol–water partition coefficient (Wildman–Crippen LogP) is 4.23. The second-order valence-electron chi connectivity index (χ2n) is 10.2. The summed E-state index contributed by atoms with van der Waals surface area (Å²) >= 11 is 0. The molecule has 12 heteroatoms. The van der Waals surface area contributed by atoms with E-state index in [-0.39, 0.29) is 38.5 Å². The van der Waals surface area contributed by atoms with Gasteiger partial charge in [0.25, 0.3) is 0 Å². The number of rotatable bonds is 19. The zero-order chi connectivity index (χ0) is 32.2. The largest absolute Gasteiger partial charge is 0.481 e. The van der Waals surface area contributed by atoms with Crippen molar-refractivity contribution in [3.63, 3.8) is 0 Å². The highest BCUT2D eigenvalue weighted by molar-refractivity contribution is 5.92. The van der Waals surface area contributed by atoms with Crippen molar-refractivity contribution in [3.8, 4) is 18.1 Å². The Morgan fingerprint density at radius 1 is 1.02 bits per heavy atom. The molecule has 4 atom stereocenters. The van der Waals surface area contributed by atoms with Gasteiger partial charge >= 0.3 is 6.09 Å². The molecule has 0 saturated heterocycles. The maximum atomic E-state index is 13.4. The van der Waals surface area contributed by atoms with Gasteiger partial charge in [0, 0.05) is 11.5 Å². The van der Waals surface area contributed by atoms with E-state index < -0.39 is 36.0 Å². The fourth-order valence-electron chi connectivity index (χ4n) is 4.21. The van der Waals surface area contributed by atoms with E-state index in [2.05, 4.69) is 31.9 Å². The topological polar surface area (TPSA) is 172 Å². The fourth-order valence-corrected chi connectivity index (χ4v) is 4.21. The van der Waals surface area contributed by atoms with Crippen LogP contribution in [-0.2, 0) is 32.1 Å². The molecular weight excluding hydrogens is 564 g/mol. The predicted molar refractivity (Wildman–Crippen MR) is 165 cm³/mol. The molecule has 0 unspecified atom stereocenters. The second kappa shape index (κ2) is 20.0. The third-order valence-electron chi connectivity index (χ3n) is 6.87. The van der Waals surface area contributed by atoms with Crippen LogP contribution in [0.15, 0.2) is 59.7 Å². The van der Waals surface area contributed by atoms with Crippen LogP contribution in [0.5, 0.6) is 5.75 Å². The first-order valence-corrected chi connectivity index (χ1v) is 14.5. The minimum absolute atomic E-state index is 0.0174. The SMILES string of the molecule is C#CCOc1ccc(C[C@@H](C=O)NC(=O)[C@@H](NC(=O)[C@H](CCCCN=[N+]=[N-])NC(=O)OCc2ccccc2)[C@@H](C)CC)cc1. The molecule has 2 aromatic rings. The van der Waals surface area contributed by atoms with Gasteiger partial charge in [0.2, 0.25) is 11.8 Å². The summed E-state index contributed by atoms with van der Waals surface area (Å²) in [4.78, 5) is 54.0. The molecule has 2 rings (SSSR count). The summed E-state index contributed by atoms with van der Waals surface area (Å²) in [5, 5.41) is 11.6. The second-order valence-corrected chi connectivity index (χ2v) is 10.2. The van der Waals surface area contributed by atoms with Gasteiger partial charge in [-0.1, -0.05) is 80.2 Å². The van der Waals surface area contributed by atoms with E-state index in [0.29, 0.717) is 31.3 Å². The zero-order valence-electron chi connectivity index (χ0n) is 25.1. The lowest BCUT2D eigenvalue weighted by atomic mass is 9.96. The number of nitrogens with zero attached hydrogens (tertiary/aromatic N) is 3. The van der Waals surface area contributed by atoms with E-state index in [4.69, 9.17) is 21.4 Å². The van der Waals surface area contributed by atoms with Crippen LogP contribution < -0.4 is 20.7 Å². The fraction of sp³-hybridized carbons (Fsp3) is 0.438. The van der Waals surface area contributed by atoms with Gasteiger partial charge in [0.1, 0.15) is 37.3 Å². The molecule has 234 valence electrons. The molecule has 2 aromatic carbocycles. The van der Waals surface area contributed by atoms with E-state index in [0.717, 1.165) is 11.1 Å². The van der Waals surface area contributed by atoms with E-state index in [9.17, 15) is 19.2 Å². The van der Waals surface area contributed by atoms with Gasteiger partial charge in [-0.25, -0.2) is 4.79 Å². The molecule has 0 radical (unpaired) electrons. The third kappa shape index (κ3) is 12.9. The Bertz CT molecular complexity index is 1290. The van der Waals surface area contributed by atoms with Crippen LogP contribution in [0.3, 0.4) is 0 Å². The molecule has 0 bridgehead atoms. The summed E-state index contributed by atoms with van der Waals surface area (Å²) in [5.74, 6) is 1.60. The van der Waals surface area contributed by atoms with Crippen LogP contribution >= 0.6 is 0 Å². The number of benzene rings is 2. The molecule has 0 saturated carbocycles. The van der Waals surface area contributed by atoms with Crippen LogP contribution in [0, 0.1) is 18.3 Å². The van der Waals surface area contributed by atoms with Crippen molar-refractivity contribution in [1.29, 1.82) is 0 Å². The Hall–Kier alpha value is -5.01. The van der Waals surface area contributed by atoms with Gasteiger partial charge in [-0.15, -0.1) is 6.42 Å². The van der Waals surface area contributed by atoms with Crippen LogP contribution in [0.25, 0.3) is 10.4 Å². The number of nitrogens with one attached hydrogen (secondary N) is 3. The van der Waals surface area contributed by atoms with Gasteiger partial charge in [-0.05, 0) is 54.0 Å². The van der Waals surface area contributed by atoms with Crippen molar-refractivity contribution in [3.05, 3.63) is 76.2 Å². The minimum Gasteiger partial charge on any atom is -0.481 e. The van der Waals surface area contributed by atoms with Crippen LogP contribution in [-0.4, -0.2) is 55.5 Å². The number of hydrogen-bond donors (Lipinski definition) is 3. The maximum Gasteiger partial charge on any atom is 0.408 e. The molecule has 3 amide bonds. The van der Waals surface area contributed by atoms with E-state index in [1.165, 1.54) is 0 Å². The van der Waals surface area contributed by atoms with Crippen LogP contribution in [0.4, 0.5) is 4.79 Å². The first-order valence-electron chi connectivity index (χ1n) is 14.5. The van der Waals surface area contributed by atoms with Crippen LogP contribution in [0.1, 0.15) is 50.7 Å². The number of carbonyl (C=O) groups excluding carboxylic acids is 4. The Morgan fingerprint density at radius 3 is 2.39 bits per heavy atom. The molecule has 0 aliphatic carbocycles. The quantitative estimate of drug-likeness (QED) is 0.0541.